The third-order valence-electron chi connectivity index (χ3n) is 5.46. The minimum absolute atomic E-state index is 0.0803. The Morgan fingerprint density at radius 2 is 1.67 bits per heavy atom. The number of pyridine rings is 1. The van der Waals surface area contributed by atoms with Gasteiger partial charge in [0.25, 0.3) is 0 Å². The molecule has 0 amide bonds. The maximum Gasteiger partial charge on any atom is 0.461 e. The summed E-state index contributed by atoms with van der Waals surface area (Å²) in [5, 5.41) is 3.56. The Labute approximate surface area is 225 Å². The molecule has 0 aliphatic heterocycles. The first-order valence-electron chi connectivity index (χ1n) is 10.9. The molecule has 14 heteroatoms. The normalized spacial score (nSPS) is 13.8. The SMILES string of the molecule is Fc1cc(OC(F)(F)C(F)F)cc([C@@](Cc2ccccc2)(Nc2nc(C(F)(F)F)cs2)c2ccc(Cl)cn2)c1. The van der Waals surface area contributed by atoms with Crippen LogP contribution in [0.4, 0.5) is 40.3 Å². The van der Waals surface area contributed by atoms with Crippen molar-refractivity contribution in [1.29, 1.82) is 0 Å². The summed E-state index contributed by atoms with van der Waals surface area (Å²) in [6, 6.07) is 13.4. The van der Waals surface area contributed by atoms with E-state index in [-0.39, 0.29) is 27.8 Å². The predicted octanol–water partition coefficient (Wildman–Crippen LogP) is 8.18. The lowest BCUT2D eigenvalue weighted by Gasteiger charge is -2.35. The minimum Gasteiger partial charge on any atom is -0.428 e. The van der Waals surface area contributed by atoms with Crippen molar-refractivity contribution in [2.45, 2.75) is 30.7 Å². The minimum atomic E-state index is -4.95. The summed E-state index contributed by atoms with van der Waals surface area (Å²) in [5.41, 5.74) is -2.50. The van der Waals surface area contributed by atoms with Gasteiger partial charge in [-0.1, -0.05) is 41.9 Å². The van der Waals surface area contributed by atoms with Gasteiger partial charge in [0.1, 0.15) is 17.1 Å². The van der Waals surface area contributed by atoms with Crippen LogP contribution in [0.2, 0.25) is 5.02 Å². The zero-order valence-corrected chi connectivity index (χ0v) is 20.9. The molecule has 39 heavy (non-hydrogen) atoms. The van der Waals surface area contributed by atoms with Crippen molar-refractivity contribution < 1.29 is 39.9 Å². The van der Waals surface area contributed by atoms with Crippen molar-refractivity contribution in [1.82, 2.24) is 9.97 Å². The van der Waals surface area contributed by atoms with E-state index in [4.69, 9.17) is 11.6 Å². The number of aromatic nitrogens is 2. The largest absolute Gasteiger partial charge is 0.461 e. The highest BCUT2D eigenvalue weighted by molar-refractivity contribution is 7.13. The van der Waals surface area contributed by atoms with Crippen LogP contribution in [0.3, 0.4) is 0 Å². The molecule has 0 saturated heterocycles. The average Bonchev–Trinajstić information content (AvgIpc) is 3.33. The summed E-state index contributed by atoms with van der Waals surface area (Å²) in [5.74, 6) is -2.09. The van der Waals surface area contributed by atoms with Crippen LogP contribution >= 0.6 is 22.9 Å². The smallest absolute Gasteiger partial charge is 0.428 e. The van der Waals surface area contributed by atoms with E-state index in [0.717, 1.165) is 17.5 Å². The Balaban J connectivity index is 1.95. The van der Waals surface area contributed by atoms with Gasteiger partial charge in [0.05, 0.1) is 10.7 Å². The molecule has 4 nitrogen and oxygen atoms in total. The summed E-state index contributed by atoms with van der Waals surface area (Å²) < 4.78 is 112. The van der Waals surface area contributed by atoms with E-state index in [1.807, 2.05) is 0 Å². The molecule has 2 aromatic carbocycles. The molecule has 1 atom stereocenters. The fourth-order valence-electron chi connectivity index (χ4n) is 3.76. The number of anilines is 1. The standard InChI is InChI=1S/C25H16ClF8N3OS/c26-16-6-7-19(35-12-16)23(11-14-4-2-1-3-5-14,37-22-36-20(13-39-22)24(30,31)32)15-8-17(27)10-18(9-15)38-25(33,34)21(28)29/h1-10,12-13,21H,11H2,(H,36,37)/t23-/m1/s1. The Morgan fingerprint density at radius 1 is 0.949 bits per heavy atom. The molecular formula is C25H16ClF8N3OS. The lowest BCUT2D eigenvalue weighted by Crippen LogP contribution is -2.40. The van der Waals surface area contributed by atoms with Crippen molar-refractivity contribution in [2.24, 2.45) is 0 Å². The lowest BCUT2D eigenvalue weighted by molar-refractivity contribution is -0.253. The van der Waals surface area contributed by atoms with Crippen LogP contribution in [0.1, 0.15) is 22.5 Å². The maximum atomic E-state index is 14.8. The number of benzene rings is 2. The van der Waals surface area contributed by atoms with E-state index in [9.17, 15) is 35.1 Å². The van der Waals surface area contributed by atoms with Crippen molar-refractivity contribution in [2.75, 3.05) is 5.32 Å². The second-order valence-electron chi connectivity index (χ2n) is 8.23. The Bertz CT molecular complexity index is 1420. The Morgan fingerprint density at radius 3 is 2.26 bits per heavy atom. The summed E-state index contributed by atoms with van der Waals surface area (Å²) >= 11 is 6.57. The van der Waals surface area contributed by atoms with Crippen molar-refractivity contribution in [3.8, 4) is 5.75 Å². The Hall–Kier alpha value is -3.45. The van der Waals surface area contributed by atoms with Crippen molar-refractivity contribution in [3.05, 3.63) is 106 Å². The van der Waals surface area contributed by atoms with Crippen LogP contribution in [0.5, 0.6) is 5.75 Å². The highest BCUT2D eigenvalue weighted by atomic mass is 35.5. The number of alkyl halides is 7. The third kappa shape index (κ3) is 6.59. The van der Waals surface area contributed by atoms with E-state index in [1.54, 1.807) is 30.3 Å². The van der Waals surface area contributed by atoms with Crippen molar-refractivity contribution in [3.63, 3.8) is 0 Å². The molecule has 0 aliphatic rings. The quantitative estimate of drug-likeness (QED) is 0.199. The molecule has 0 saturated carbocycles. The Kier molecular flexibility index (Phi) is 8.03. The molecule has 4 rings (SSSR count). The fourth-order valence-corrected chi connectivity index (χ4v) is 4.67. The molecule has 2 aromatic heterocycles. The number of halogens is 9. The van der Waals surface area contributed by atoms with Gasteiger partial charge < -0.3 is 10.1 Å². The second kappa shape index (κ2) is 11.0. The molecular weight excluding hydrogens is 578 g/mol. The van der Waals surface area contributed by atoms with Gasteiger partial charge in [0, 0.05) is 24.1 Å². The molecule has 2 heterocycles. The molecule has 0 radical (unpaired) electrons. The number of thiazole rings is 1. The number of ether oxygens (including phenoxy) is 1. The van der Waals surface area contributed by atoms with E-state index >= 15 is 0 Å². The number of hydrogen-bond acceptors (Lipinski definition) is 5. The number of nitrogens with zero attached hydrogens (tertiary/aromatic N) is 2. The van der Waals surface area contributed by atoms with Gasteiger partial charge in [-0.05, 0) is 35.4 Å². The van der Waals surface area contributed by atoms with Crippen LogP contribution in [-0.4, -0.2) is 22.5 Å². The molecule has 0 bridgehead atoms. The van der Waals surface area contributed by atoms with E-state index in [1.165, 1.54) is 18.3 Å². The number of rotatable bonds is 9. The molecule has 0 unspecified atom stereocenters. The van der Waals surface area contributed by atoms with Gasteiger partial charge in [-0.25, -0.2) is 9.37 Å². The maximum absolute atomic E-state index is 14.8. The summed E-state index contributed by atoms with van der Waals surface area (Å²) in [7, 11) is 0. The third-order valence-corrected chi connectivity index (χ3v) is 6.45. The first kappa shape index (κ1) is 28.6. The molecule has 0 fully saturated rings. The van der Waals surface area contributed by atoms with Crippen LogP contribution in [0.15, 0.2) is 72.2 Å². The highest BCUT2D eigenvalue weighted by Crippen LogP contribution is 2.41. The van der Waals surface area contributed by atoms with Crippen LogP contribution in [0.25, 0.3) is 0 Å². The predicted molar refractivity (Wildman–Crippen MR) is 129 cm³/mol. The monoisotopic (exact) mass is 593 g/mol. The summed E-state index contributed by atoms with van der Waals surface area (Å²) in [6.45, 7) is 0. The zero-order valence-electron chi connectivity index (χ0n) is 19.3. The van der Waals surface area contributed by atoms with Gasteiger partial charge >= 0.3 is 18.7 Å². The number of hydrogen-bond donors (Lipinski definition) is 1. The van der Waals surface area contributed by atoms with Gasteiger partial charge in [0.15, 0.2) is 10.8 Å². The second-order valence-corrected chi connectivity index (χ2v) is 9.52. The van der Waals surface area contributed by atoms with Crippen LogP contribution < -0.4 is 10.1 Å². The van der Waals surface area contributed by atoms with Gasteiger partial charge in [-0.2, -0.15) is 30.7 Å². The molecule has 0 spiro atoms. The van der Waals surface area contributed by atoms with Crippen LogP contribution in [-0.2, 0) is 18.1 Å². The molecule has 1 N–H and O–H groups in total. The van der Waals surface area contributed by atoms with E-state index < -0.39 is 41.5 Å². The summed E-state index contributed by atoms with van der Waals surface area (Å²) in [4.78, 5) is 7.85. The van der Waals surface area contributed by atoms with E-state index in [0.29, 0.717) is 23.0 Å². The lowest BCUT2D eigenvalue weighted by atomic mass is 9.80. The van der Waals surface area contributed by atoms with E-state index in [2.05, 4.69) is 20.0 Å². The summed E-state index contributed by atoms with van der Waals surface area (Å²) in [6.07, 6.45) is -12.8. The first-order chi connectivity index (χ1) is 18.3. The van der Waals surface area contributed by atoms with Gasteiger partial charge in [0.2, 0.25) is 0 Å². The molecule has 206 valence electrons. The first-order valence-corrected chi connectivity index (χ1v) is 12.2. The average molecular weight is 594 g/mol. The molecule has 0 aliphatic carbocycles. The number of nitrogens with one attached hydrogen (secondary N) is 1. The highest BCUT2D eigenvalue weighted by Gasteiger charge is 2.45. The van der Waals surface area contributed by atoms with Crippen LogP contribution in [0, 0.1) is 5.82 Å². The van der Waals surface area contributed by atoms with Crippen molar-refractivity contribution >= 4 is 28.1 Å². The van der Waals surface area contributed by atoms with Gasteiger partial charge in [-0.15, -0.1) is 11.3 Å². The zero-order chi connectivity index (χ0) is 28.4. The fraction of sp³-hybridized carbons (Fsp3) is 0.200. The topological polar surface area (TPSA) is 47.0 Å². The molecule has 4 aromatic rings. The van der Waals surface area contributed by atoms with Gasteiger partial charge in [-0.3, -0.25) is 4.98 Å².